The molecule has 32 heavy (non-hydrogen) atoms. The molecule has 10 atom stereocenters. The Bertz CT molecular complexity index is 951. The van der Waals surface area contributed by atoms with E-state index in [1.165, 1.54) is 62.7 Å². The van der Waals surface area contributed by atoms with E-state index in [0.29, 0.717) is 34.6 Å². The molecule has 5 fully saturated rings. The normalized spacial score (nSPS) is 58.1. The van der Waals surface area contributed by atoms with Crippen molar-refractivity contribution in [3.05, 3.63) is 11.6 Å². The van der Waals surface area contributed by atoms with Crippen molar-refractivity contribution in [3.63, 3.8) is 0 Å². The van der Waals surface area contributed by atoms with Gasteiger partial charge in [-0.3, -0.25) is 9.79 Å². The van der Waals surface area contributed by atoms with Gasteiger partial charge in [-0.15, -0.1) is 0 Å². The summed E-state index contributed by atoms with van der Waals surface area (Å²) >= 11 is 0. The molecule has 174 valence electrons. The zero-order valence-corrected chi connectivity index (χ0v) is 20.6. The SMILES string of the molecule is C[C@@H]1CN=C2[C@@H](C)[C@@]3(CC[C@H]4[C@@H]5CCC6=CC(=O)CC[C@]6(C)[C@H]5CC45CC5(C)C3)O[C@@H]2C1. The minimum atomic E-state index is 0.0343. The van der Waals surface area contributed by atoms with Crippen LogP contribution in [-0.2, 0) is 9.53 Å². The minimum absolute atomic E-state index is 0.0343. The quantitative estimate of drug-likeness (QED) is 0.457. The molecule has 5 aliphatic carbocycles. The van der Waals surface area contributed by atoms with Gasteiger partial charge in [0.1, 0.15) is 0 Å². The minimum Gasteiger partial charge on any atom is -0.365 e. The predicted octanol–water partition coefficient (Wildman–Crippen LogP) is 6.16. The maximum absolute atomic E-state index is 12.2. The van der Waals surface area contributed by atoms with E-state index < -0.39 is 0 Å². The van der Waals surface area contributed by atoms with Gasteiger partial charge in [0, 0.05) is 24.6 Å². The van der Waals surface area contributed by atoms with Crippen LogP contribution >= 0.6 is 0 Å². The molecular formula is C29H41NO2. The lowest BCUT2D eigenvalue weighted by molar-refractivity contribution is -0.116. The van der Waals surface area contributed by atoms with Gasteiger partial charge in [-0.25, -0.2) is 0 Å². The lowest BCUT2D eigenvalue weighted by Crippen LogP contribution is -2.41. The first-order valence-corrected chi connectivity index (χ1v) is 13.7. The highest BCUT2D eigenvalue weighted by molar-refractivity contribution is 5.94. The number of carbonyl (C=O) groups excluding carboxylic acids is 1. The highest BCUT2D eigenvalue weighted by Gasteiger charge is 2.77. The van der Waals surface area contributed by atoms with Crippen LogP contribution in [0.5, 0.6) is 0 Å². The highest BCUT2D eigenvalue weighted by Crippen LogP contribution is 2.83. The summed E-state index contributed by atoms with van der Waals surface area (Å²) in [5, 5.41) is 0. The largest absolute Gasteiger partial charge is 0.365 e. The van der Waals surface area contributed by atoms with Gasteiger partial charge in [-0.1, -0.05) is 33.3 Å². The number of ether oxygens (including phenoxy) is 1. The Kier molecular flexibility index (Phi) is 3.94. The van der Waals surface area contributed by atoms with Crippen molar-refractivity contribution in [1.29, 1.82) is 0 Å². The molecule has 2 aliphatic heterocycles. The summed E-state index contributed by atoms with van der Waals surface area (Å²) < 4.78 is 7.06. The second-order valence-electron chi connectivity index (χ2n) is 13.8. The molecule has 0 amide bonds. The second-order valence-corrected chi connectivity index (χ2v) is 13.8. The third-order valence-corrected chi connectivity index (χ3v) is 12.3. The Morgan fingerprint density at radius 3 is 2.75 bits per heavy atom. The first-order valence-electron chi connectivity index (χ1n) is 13.7. The zero-order chi connectivity index (χ0) is 22.1. The summed E-state index contributed by atoms with van der Waals surface area (Å²) in [7, 11) is 0. The van der Waals surface area contributed by atoms with E-state index in [9.17, 15) is 4.79 Å². The smallest absolute Gasteiger partial charge is 0.155 e. The van der Waals surface area contributed by atoms with Gasteiger partial charge >= 0.3 is 0 Å². The Hall–Kier alpha value is -0.960. The third kappa shape index (κ3) is 2.38. The van der Waals surface area contributed by atoms with Crippen LogP contribution in [0, 0.1) is 45.8 Å². The van der Waals surface area contributed by atoms with Crippen LogP contribution in [0.1, 0.15) is 91.9 Å². The maximum Gasteiger partial charge on any atom is 0.155 e. The van der Waals surface area contributed by atoms with Gasteiger partial charge in [0.15, 0.2) is 5.78 Å². The van der Waals surface area contributed by atoms with E-state index in [0.717, 1.165) is 37.1 Å². The Labute approximate surface area is 193 Å². The molecule has 0 radical (unpaired) electrons. The van der Waals surface area contributed by atoms with Crippen molar-refractivity contribution in [2.24, 2.45) is 50.8 Å². The molecule has 0 aromatic rings. The maximum atomic E-state index is 12.2. The number of aliphatic imine (C=N–C) groups is 1. The molecule has 0 bridgehead atoms. The third-order valence-electron chi connectivity index (χ3n) is 12.3. The van der Waals surface area contributed by atoms with Gasteiger partial charge in [-0.2, -0.15) is 0 Å². The number of hydrogen-bond acceptors (Lipinski definition) is 3. The molecule has 7 rings (SSSR count). The number of hydrogen-bond donors (Lipinski definition) is 0. The molecule has 2 spiro atoms. The molecule has 2 heterocycles. The van der Waals surface area contributed by atoms with Crippen molar-refractivity contribution in [3.8, 4) is 0 Å². The Balaban J connectivity index is 1.21. The molecule has 3 nitrogen and oxygen atoms in total. The first kappa shape index (κ1) is 20.4. The number of fused-ring (bicyclic) bond motifs is 5. The lowest BCUT2D eigenvalue weighted by atomic mass is 9.56. The van der Waals surface area contributed by atoms with Crippen LogP contribution in [0.3, 0.4) is 0 Å². The molecule has 7 aliphatic rings. The van der Waals surface area contributed by atoms with Crippen LogP contribution in [0.25, 0.3) is 0 Å². The molecular weight excluding hydrogens is 394 g/mol. The van der Waals surface area contributed by atoms with Crippen LogP contribution in [0.15, 0.2) is 16.6 Å². The summed E-state index contributed by atoms with van der Waals surface area (Å²) in [5.74, 6) is 4.06. The van der Waals surface area contributed by atoms with E-state index in [1.54, 1.807) is 0 Å². The average Bonchev–Trinajstić information content (AvgIpc) is 3.06. The predicted molar refractivity (Wildman–Crippen MR) is 127 cm³/mol. The Morgan fingerprint density at radius 2 is 1.91 bits per heavy atom. The van der Waals surface area contributed by atoms with Gasteiger partial charge in [0.05, 0.1) is 11.7 Å². The molecule has 2 unspecified atom stereocenters. The fraction of sp³-hybridized carbons (Fsp3) is 0.862. The second kappa shape index (κ2) is 6.18. The van der Waals surface area contributed by atoms with E-state index in [2.05, 4.69) is 33.8 Å². The van der Waals surface area contributed by atoms with Crippen molar-refractivity contribution >= 4 is 11.5 Å². The van der Waals surface area contributed by atoms with Crippen LogP contribution in [0.4, 0.5) is 0 Å². The van der Waals surface area contributed by atoms with Crippen LogP contribution in [0.2, 0.25) is 0 Å². The van der Waals surface area contributed by atoms with Gasteiger partial charge in [0.2, 0.25) is 0 Å². The van der Waals surface area contributed by atoms with Crippen molar-refractivity contribution in [2.45, 2.75) is 104 Å². The first-order chi connectivity index (χ1) is 15.2. The molecule has 1 saturated heterocycles. The molecule has 3 heteroatoms. The Morgan fingerprint density at radius 1 is 1.06 bits per heavy atom. The van der Waals surface area contributed by atoms with Crippen LogP contribution in [-0.4, -0.2) is 29.7 Å². The standard InChI is InChI=1S/C29H41NO2/c1-17-11-24-25(30-14-17)18(2)29(32-24)10-8-22-21-6-5-19-12-20(31)7-9-27(19,4)23(21)13-28(22)15-26(28,3)16-29/h12,17-18,21-24H,5-11,13-16H2,1-4H3/t17-,18+,21-,22-,23-,24+,26?,27-,28?,29-/m0/s1. The van der Waals surface area contributed by atoms with E-state index in [4.69, 9.17) is 9.73 Å². The number of ketones is 1. The number of rotatable bonds is 0. The molecule has 4 saturated carbocycles. The number of carbonyl (C=O) groups is 1. The monoisotopic (exact) mass is 435 g/mol. The van der Waals surface area contributed by atoms with Crippen molar-refractivity contribution < 1.29 is 9.53 Å². The molecule has 0 aromatic heterocycles. The number of allylic oxidation sites excluding steroid dienone is 2. The van der Waals surface area contributed by atoms with Gasteiger partial charge < -0.3 is 4.74 Å². The summed E-state index contributed by atoms with van der Waals surface area (Å²) in [4.78, 5) is 17.2. The van der Waals surface area contributed by atoms with E-state index >= 15 is 0 Å². The topological polar surface area (TPSA) is 38.7 Å². The summed E-state index contributed by atoms with van der Waals surface area (Å²) in [6.45, 7) is 10.9. The van der Waals surface area contributed by atoms with E-state index in [-0.39, 0.29) is 11.0 Å². The van der Waals surface area contributed by atoms with Gasteiger partial charge in [-0.05, 0) is 104 Å². The fourth-order valence-corrected chi connectivity index (χ4v) is 10.6. The summed E-state index contributed by atoms with van der Waals surface area (Å²) in [6.07, 6.45) is 14.5. The van der Waals surface area contributed by atoms with Crippen molar-refractivity contribution in [2.75, 3.05) is 6.54 Å². The van der Waals surface area contributed by atoms with E-state index in [1.807, 2.05) is 0 Å². The number of nitrogens with zero attached hydrogens (tertiary/aromatic N) is 1. The summed E-state index contributed by atoms with van der Waals surface area (Å²) in [5.41, 5.74) is 4.20. The van der Waals surface area contributed by atoms with Crippen LogP contribution < -0.4 is 0 Å². The van der Waals surface area contributed by atoms with Crippen molar-refractivity contribution in [1.82, 2.24) is 0 Å². The highest BCUT2D eigenvalue weighted by atomic mass is 16.5. The molecule has 0 aromatic carbocycles. The zero-order valence-electron chi connectivity index (χ0n) is 20.6. The summed E-state index contributed by atoms with van der Waals surface area (Å²) in [6, 6.07) is 0. The lowest BCUT2D eigenvalue weighted by Gasteiger charge is -2.48. The van der Waals surface area contributed by atoms with Gasteiger partial charge in [0.25, 0.3) is 0 Å². The average molecular weight is 436 g/mol. The molecule has 0 N–H and O–H groups in total. The fourth-order valence-electron chi connectivity index (χ4n) is 10.6.